The number of hydrogen-bond donors (Lipinski definition) is 2. The molecule has 2 amide bonds. The molecular weight excluding hydrogens is 562 g/mol. The van der Waals surface area contributed by atoms with Gasteiger partial charge in [0.2, 0.25) is 5.88 Å². The van der Waals surface area contributed by atoms with Crippen molar-refractivity contribution in [1.82, 2.24) is 15.1 Å². The molecule has 11 nitrogen and oxygen atoms in total. The van der Waals surface area contributed by atoms with Crippen LogP contribution in [0.5, 0.6) is 17.4 Å². The lowest BCUT2D eigenvalue weighted by Crippen LogP contribution is -2.28. The van der Waals surface area contributed by atoms with E-state index < -0.39 is 11.6 Å². The summed E-state index contributed by atoms with van der Waals surface area (Å²) in [7, 11) is 0. The molecule has 2 N–H and O–H groups in total. The highest BCUT2D eigenvalue weighted by molar-refractivity contribution is 5.99. The van der Waals surface area contributed by atoms with Gasteiger partial charge in [0.25, 0.3) is 0 Å². The molecule has 1 fully saturated rings. The predicted octanol–water partition coefficient (Wildman–Crippen LogP) is 7.55. The zero-order valence-electron chi connectivity index (χ0n) is 26.2. The number of aromatic nitrogens is 3. The first-order valence-electron chi connectivity index (χ1n) is 14.7. The van der Waals surface area contributed by atoms with Gasteiger partial charge in [-0.15, -0.1) is 0 Å². The van der Waals surface area contributed by atoms with Crippen LogP contribution in [0.4, 0.5) is 16.3 Å². The van der Waals surface area contributed by atoms with Crippen molar-refractivity contribution in [3.8, 4) is 17.4 Å². The molecular formula is C33H39N5O6. The first-order valence-corrected chi connectivity index (χ1v) is 14.7. The Morgan fingerprint density at radius 3 is 2.50 bits per heavy atom. The molecule has 0 bridgehead atoms. The van der Waals surface area contributed by atoms with E-state index in [1.54, 1.807) is 30.3 Å². The SMILES string of the molecule is Cc1cc2ncnc(Oc3cccc(NC(=O)Nc4cc(C(C)(C)C)on4)c3)c2cc1O[C@H]1CCC(C(=O)OC(C)(C)C)C1. The van der Waals surface area contributed by atoms with Gasteiger partial charge in [-0.2, -0.15) is 0 Å². The molecule has 2 aromatic heterocycles. The van der Waals surface area contributed by atoms with Gasteiger partial charge in [-0.05, 0) is 76.8 Å². The average molecular weight is 602 g/mol. The second-order valence-electron chi connectivity index (χ2n) is 13.1. The number of aryl methyl sites for hydroxylation is 1. The van der Waals surface area contributed by atoms with Crippen LogP contribution in [0.3, 0.4) is 0 Å². The van der Waals surface area contributed by atoms with Crippen molar-refractivity contribution in [2.24, 2.45) is 5.92 Å². The highest BCUT2D eigenvalue weighted by atomic mass is 16.6. The van der Waals surface area contributed by atoms with Gasteiger partial charge in [-0.25, -0.2) is 14.8 Å². The van der Waals surface area contributed by atoms with E-state index in [9.17, 15) is 9.59 Å². The Morgan fingerprint density at radius 2 is 1.77 bits per heavy atom. The molecule has 0 saturated heterocycles. The molecule has 0 radical (unpaired) electrons. The summed E-state index contributed by atoms with van der Waals surface area (Å²) < 4.78 is 23.5. The minimum Gasteiger partial charge on any atom is -0.490 e. The quantitative estimate of drug-likeness (QED) is 0.206. The van der Waals surface area contributed by atoms with Crippen molar-refractivity contribution in [2.75, 3.05) is 10.6 Å². The van der Waals surface area contributed by atoms with E-state index in [0.717, 1.165) is 18.4 Å². The number of carbonyl (C=O) groups is 2. The van der Waals surface area contributed by atoms with Crippen LogP contribution < -0.4 is 20.1 Å². The number of benzene rings is 2. The number of amides is 2. The summed E-state index contributed by atoms with van der Waals surface area (Å²) in [6.45, 7) is 13.6. The summed E-state index contributed by atoms with van der Waals surface area (Å²) in [5, 5.41) is 10.1. The number of nitrogens with one attached hydrogen (secondary N) is 2. The summed E-state index contributed by atoms with van der Waals surface area (Å²) in [6.07, 6.45) is 3.42. The second-order valence-corrected chi connectivity index (χ2v) is 13.1. The van der Waals surface area contributed by atoms with Crippen LogP contribution >= 0.6 is 0 Å². The summed E-state index contributed by atoms with van der Waals surface area (Å²) in [6, 6.07) is 12.0. The zero-order chi connectivity index (χ0) is 31.6. The fraction of sp³-hybridized carbons (Fsp3) is 0.424. The van der Waals surface area contributed by atoms with Crippen LogP contribution in [0.15, 0.2) is 53.3 Å². The van der Waals surface area contributed by atoms with Gasteiger partial charge < -0.3 is 24.1 Å². The highest BCUT2D eigenvalue weighted by Gasteiger charge is 2.34. The molecule has 0 aliphatic heterocycles. The molecule has 5 rings (SSSR count). The van der Waals surface area contributed by atoms with Gasteiger partial charge in [0, 0.05) is 23.2 Å². The van der Waals surface area contributed by atoms with Crippen LogP contribution in [-0.2, 0) is 14.9 Å². The maximum Gasteiger partial charge on any atom is 0.324 e. The van der Waals surface area contributed by atoms with E-state index in [-0.39, 0.29) is 23.4 Å². The van der Waals surface area contributed by atoms with Crippen LogP contribution in [0.2, 0.25) is 0 Å². The van der Waals surface area contributed by atoms with Gasteiger partial charge in [0.15, 0.2) is 5.82 Å². The Balaban J connectivity index is 1.27. The number of urea groups is 1. The Hall–Kier alpha value is -4.67. The Kier molecular flexibility index (Phi) is 8.49. The smallest absolute Gasteiger partial charge is 0.324 e. The lowest BCUT2D eigenvalue weighted by atomic mass is 9.93. The molecule has 11 heteroatoms. The first kappa shape index (κ1) is 30.8. The normalized spacial score (nSPS) is 16.9. The molecule has 1 unspecified atom stereocenters. The van der Waals surface area contributed by atoms with Crippen molar-refractivity contribution >= 4 is 34.4 Å². The molecule has 4 aromatic rings. The lowest BCUT2D eigenvalue weighted by molar-refractivity contribution is -0.159. The minimum atomic E-state index is -0.516. The van der Waals surface area contributed by atoms with Crippen molar-refractivity contribution in [1.29, 1.82) is 0 Å². The van der Waals surface area contributed by atoms with E-state index in [1.165, 1.54) is 6.33 Å². The number of fused-ring (bicyclic) bond motifs is 1. The van der Waals surface area contributed by atoms with E-state index in [0.29, 0.717) is 52.0 Å². The van der Waals surface area contributed by atoms with Crippen molar-refractivity contribution < 1.29 is 28.3 Å². The van der Waals surface area contributed by atoms with Crippen molar-refractivity contribution in [3.05, 3.63) is 60.1 Å². The van der Waals surface area contributed by atoms with E-state index in [1.807, 2.05) is 60.6 Å². The average Bonchev–Trinajstić information content (AvgIpc) is 3.59. The standard InChI is InChI=1S/C33H39N5O6/c1-19-13-25-24(16-26(19)41-23-12-11-20(14-23)30(39)43-33(5,6)7)29(35-18-34-25)42-22-10-8-9-21(15-22)36-31(40)37-28-17-27(44-38-28)32(2,3)4/h8-10,13,15-18,20,23H,11-12,14H2,1-7H3,(H2,36,37,38,40)/t20?,23-/m0/s1. The van der Waals surface area contributed by atoms with Gasteiger partial charge in [-0.3, -0.25) is 10.1 Å². The molecule has 1 saturated carbocycles. The third-order valence-electron chi connectivity index (χ3n) is 7.11. The van der Waals surface area contributed by atoms with Gasteiger partial charge in [0.1, 0.15) is 29.2 Å². The lowest BCUT2D eigenvalue weighted by Gasteiger charge is -2.22. The van der Waals surface area contributed by atoms with Crippen LogP contribution in [-0.4, -0.2) is 38.8 Å². The van der Waals surface area contributed by atoms with Gasteiger partial charge in [0.05, 0.1) is 22.9 Å². The van der Waals surface area contributed by atoms with Gasteiger partial charge in [-0.1, -0.05) is 32.0 Å². The number of esters is 1. The van der Waals surface area contributed by atoms with Crippen molar-refractivity contribution in [2.45, 2.75) is 84.8 Å². The molecule has 44 heavy (non-hydrogen) atoms. The third-order valence-corrected chi connectivity index (χ3v) is 7.11. The topological polar surface area (TPSA) is 138 Å². The summed E-state index contributed by atoms with van der Waals surface area (Å²) in [5.41, 5.74) is 1.39. The van der Waals surface area contributed by atoms with Crippen LogP contribution in [0.25, 0.3) is 10.9 Å². The fourth-order valence-corrected chi connectivity index (χ4v) is 4.91. The Morgan fingerprint density at radius 1 is 0.977 bits per heavy atom. The molecule has 1 aliphatic carbocycles. The largest absolute Gasteiger partial charge is 0.490 e. The molecule has 2 atom stereocenters. The molecule has 232 valence electrons. The van der Waals surface area contributed by atoms with Crippen molar-refractivity contribution in [3.63, 3.8) is 0 Å². The maximum atomic E-state index is 12.6. The number of rotatable bonds is 7. The fourth-order valence-electron chi connectivity index (χ4n) is 4.91. The molecule has 1 aliphatic rings. The Bertz CT molecular complexity index is 1670. The number of anilines is 2. The monoisotopic (exact) mass is 601 g/mol. The first-order chi connectivity index (χ1) is 20.7. The number of ether oxygens (including phenoxy) is 3. The minimum absolute atomic E-state index is 0.108. The number of hydrogen-bond acceptors (Lipinski definition) is 9. The van der Waals surface area contributed by atoms with Gasteiger partial charge >= 0.3 is 12.0 Å². The highest BCUT2D eigenvalue weighted by Crippen LogP contribution is 2.36. The molecule has 0 spiro atoms. The molecule has 2 aromatic carbocycles. The third kappa shape index (κ3) is 7.64. The summed E-state index contributed by atoms with van der Waals surface area (Å²) >= 11 is 0. The molecule has 2 heterocycles. The maximum absolute atomic E-state index is 12.6. The van der Waals surface area contributed by atoms with E-state index >= 15 is 0 Å². The van der Waals surface area contributed by atoms with Crippen LogP contribution in [0, 0.1) is 12.8 Å². The van der Waals surface area contributed by atoms with E-state index in [4.69, 9.17) is 18.7 Å². The number of carbonyl (C=O) groups excluding carboxylic acids is 2. The number of nitrogens with zero attached hydrogens (tertiary/aromatic N) is 3. The van der Waals surface area contributed by atoms with E-state index in [2.05, 4.69) is 25.8 Å². The predicted molar refractivity (Wildman–Crippen MR) is 166 cm³/mol. The van der Waals surface area contributed by atoms with Crippen LogP contribution in [0.1, 0.15) is 72.1 Å². The summed E-state index contributed by atoms with van der Waals surface area (Å²) in [4.78, 5) is 34.0. The summed E-state index contributed by atoms with van der Waals surface area (Å²) in [5.74, 6) is 2.12. The Labute approximate surface area is 256 Å². The second kappa shape index (κ2) is 12.1. The zero-order valence-corrected chi connectivity index (χ0v) is 26.2.